The maximum absolute atomic E-state index is 6.36. The van der Waals surface area contributed by atoms with E-state index in [0.29, 0.717) is 23.2 Å². The molecular weight excluding hydrogens is 474 g/mol. The number of ether oxygens (including phenoxy) is 4. The summed E-state index contributed by atoms with van der Waals surface area (Å²) in [7, 11) is 3.29. The second-order valence-corrected chi connectivity index (χ2v) is 8.87. The SMILES string of the molecule is COc1ccc(-n2c(SCc3cc(Cl)cc4c3OCOC4)nnc2-c2ccccc2OC)cc1. The Hall–Kier alpha value is -3.20. The molecule has 7 nitrogen and oxygen atoms in total. The van der Waals surface area contributed by atoms with Crippen LogP contribution in [0.15, 0.2) is 65.8 Å². The molecule has 0 amide bonds. The van der Waals surface area contributed by atoms with E-state index in [4.69, 9.17) is 30.5 Å². The highest BCUT2D eigenvalue weighted by molar-refractivity contribution is 7.98. The van der Waals surface area contributed by atoms with Crippen LogP contribution in [0.1, 0.15) is 11.1 Å². The lowest BCUT2D eigenvalue weighted by Gasteiger charge is -2.21. The first-order chi connectivity index (χ1) is 16.7. The largest absolute Gasteiger partial charge is 0.497 e. The van der Waals surface area contributed by atoms with Crippen molar-refractivity contribution in [3.05, 3.63) is 76.8 Å². The number of aromatic nitrogens is 3. The maximum Gasteiger partial charge on any atom is 0.196 e. The molecule has 1 aliphatic rings. The molecule has 0 saturated carbocycles. The lowest BCUT2D eigenvalue weighted by atomic mass is 10.1. The second-order valence-electron chi connectivity index (χ2n) is 7.49. The molecule has 0 aliphatic carbocycles. The zero-order chi connectivity index (χ0) is 23.5. The molecule has 174 valence electrons. The smallest absolute Gasteiger partial charge is 0.196 e. The fourth-order valence-corrected chi connectivity index (χ4v) is 5.02. The first kappa shape index (κ1) is 22.6. The van der Waals surface area contributed by atoms with E-state index in [1.54, 1.807) is 26.0 Å². The van der Waals surface area contributed by atoms with Crippen LogP contribution in [0.5, 0.6) is 17.2 Å². The van der Waals surface area contributed by atoms with Gasteiger partial charge in [-0.15, -0.1) is 10.2 Å². The average Bonchev–Trinajstić information content (AvgIpc) is 3.30. The van der Waals surface area contributed by atoms with Crippen LogP contribution in [0.2, 0.25) is 5.02 Å². The number of hydrogen-bond donors (Lipinski definition) is 0. The molecule has 0 spiro atoms. The summed E-state index contributed by atoms with van der Waals surface area (Å²) in [5, 5.41) is 10.4. The van der Waals surface area contributed by atoms with E-state index in [2.05, 4.69) is 10.2 Å². The zero-order valence-corrected chi connectivity index (χ0v) is 20.2. The summed E-state index contributed by atoms with van der Waals surface area (Å²) in [6.07, 6.45) is 0. The molecule has 0 fully saturated rings. The molecule has 0 bridgehead atoms. The van der Waals surface area contributed by atoms with Gasteiger partial charge in [0.1, 0.15) is 17.2 Å². The highest BCUT2D eigenvalue weighted by Gasteiger charge is 2.21. The Morgan fingerprint density at radius 3 is 2.65 bits per heavy atom. The number of halogens is 1. The van der Waals surface area contributed by atoms with Crippen molar-refractivity contribution in [1.29, 1.82) is 0 Å². The van der Waals surface area contributed by atoms with E-state index in [1.807, 2.05) is 65.2 Å². The highest BCUT2D eigenvalue weighted by Crippen LogP contribution is 2.38. The molecule has 0 unspecified atom stereocenters. The van der Waals surface area contributed by atoms with Crippen LogP contribution in [0, 0.1) is 0 Å². The predicted octanol–water partition coefficient (Wildman–Crippen LogP) is 5.76. The van der Waals surface area contributed by atoms with Crippen LogP contribution in [0.4, 0.5) is 0 Å². The zero-order valence-electron chi connectivity index (χ0n) is 18.7. The predicted molar refractivity (Wildman–Crippen MR) is 131 cm³/mol. The first-order valence-corrected chi connectivity index (χ1v) is 11.9. The van der Waals surface area contributed by atoms with Crippen LogP contribution in [-0.4, -0.2) is 35.8 Å². The molecule has 34 heavy (non-hydrogen) atoms. The van der Waals surface area contributed by atoms with E-state index in [0.717, 1.165) is 44.8 Å². The minimum absolute atomic E-state index is 0.228. The summed E-state index contributed by atoms with van der Waals surface area (Å²) in [4.78, 5) is 0. The van der Waals surface area contributed by atoms with Crippen molar-refractivity contribution in [2.24, 2.45) is 0 Å². The van der Waals surface area contributed by atoms with Crippen LogP contribution >= 0.6 is 23.4 Å². The van der Waals surface area contributed by atoms with Crippen molar-refractivity contribution in [2.45, 2.75) is 17.5 Å². The summed E-state index contributed by atoms with van der Waals surface area (Å²) < 4.78 is 24.1. The molecule has 1 aromatic heterocycles. The second kappa shape index (κ2) is 9.97. The lowest BCUT2D eigenvalue weighted by molar-refractivity contribution is -0.0168. The van der Waals surface area contributed by atoms with Crippen LogP contribution in [0.3, 0.4) is 0 Å². The lowest BCUT2D eigenvalue weighted by Crippen LogP contribution is -2.13. The van der Waals surface area contributed by atoms with Gasteiger partial charge >= 0.3 is 0 Å². The van der Waals surface area contributed by atoms with Crippen LogP contribution in [0.25, 0.3) is 17.1 Å². The van der Waals surface area contributed by atoms with Gasteiger partial charge in [0.15, 0.2) is 17.8 Å². The fraction of sp³-hybridized carbons (Fsp3) is 0.200. The molecule has 0 N–H and O–H groups in total. The van der Waals surface area contributed by atoms with Crippen molar-refractivity contribution in [1.82, 2.24) is 14.8 Å². The van der Waals surface area contributed by atoms with Gasteiger partial charge in [0.2, 0.25) is 0 Å². The Morgan fingerprint density at radius 1 is 1.03 bits per heavy atom. The number of rotatable bonds is 7. The number of hydrogen-bond acceptors (Lipinski definition) is 7. The van der Waals surface area contributed by atoms with Crippen molar-refractivity contribution in [3.8, 4) is 34.3 Å². The Labute approximate surface area is 206 Å². The molecule has 0 atom stereocenters. The van der Waals surface area contributed by atoms with Gasteiger partial charge in [-0.25, -0.2) is 0 Å². The van der Waals surface area contributed by atoms with Crippen molar-refractivity contribution < 1.29 is 18.9 Å². The summed E-state index contributed by atoms with van der Waals surface area (Å²) in [5.41, 5.74) is 3.69. The van der Waals surface area contributed by atoms with E-state index in [1.165, 1.54) is 0 Å². The van der Waals surface area contributed by atoms with Gasteiger partial charge in [0.25, 0.3) is 0 Å². The Balaban J connectivity index is 1.55. The average molecular weight is 496 g/mol. The van der Waals surface area contributed by atoms with E-state index in [9.17, 15) is 0 Å². The molecule has 2 heterocycles. The quantitative estimate of drug-likeness (QED) is 0.302. The van der Waals surface area contributed by atoms with Gasteiger partial charge in [-0.2, -0.15) is 0 Å². The summed E-state index contributed by atoms with van der Waals surface area (Å²) in [6.45, 7) is 0.708. The number of nitrogens with zero attached hydrogens (tertiary/aromatic N) is 3. The van der Waals surface area contributed by atoms with Gasteiger partial charge in [0.05, 0.1) is 32.1 Å². The van der Waals surface area contributed by atoms with Gasteiger partial charge in [-0.3, -0.25) is 4.57 Å². The molecule has 3 aromatic carbocycles. The number of fused-ring (bicyclic) bond motifs is 1. The number of thioether (sulfide) groups is 1. The normalized spacial score (nSPS) is 12.7. The highest BCUT2D eigenvalue weighted by atomic mass is 35.5. The molecule has 9 heteroatoms. The molecule has 0 radical (unpaired) electrons. The molecular formula is C25H22ClN3O4S. The van der Waals surface area contributed by atoms with E-state index >= 15 is 0 Å². The van der Waals surface area contributed by atoms with Gasteiger partial charge < -0.3 is 18.9 Å². The third kappa shape index (κ3) is 4.44. The van der Waals surface area contributed by atoms with Gasteiger partial charge in [0, 0.05) is 21.9 Å². The topological polar surface area (TPSA) is 67.6 Å². The standard InChI is InChI=1S/C25H22ClN3O4S/c1-30-20-9-7-19(8-10-20)29-24(21-5-3-4-6-22(21)31-2)27-28-25(29)34-14-17-12-18(26)11-16-13-32-15-33-23(16)17/h3-12H,13-15H2,1-2H3. The third-order valence-corrected chi connectivity index (χ3v) is 6.62. The van der Waals surface area contributed by atoms with Crippen LogP contribution in [-0.2, 0) is 17.1 Å². The number of methoxy groups -OCH3 is 2. The van der Waals surface area contributed by atoms with E-state index < -0.39 is 0 Å². The molecule has 5 rings (SSSR count). The molecule has 1 aliphatic heterocycles. The maximum atomic E-state index is 6.36. The molecule has 0 saturated heterocycles. The van der Waals surface area contributed by atoms with Crippen LogP contribution < -0.4 is 14.2 Å². The Kier molecular flexibility index (Phi) is 6.62. The minimum atomic E-state index is 0.228. The van der Waals surface area contributed by atoms with E-state index in [-0.39, 0.29) is 6.79 Å². The van der Waals surface area contributed by atoms with Crippen molar-refractivity contribution in [2.75, 3.05) is 21.0 Å². The fourth-order valence-electron chi connectivity index (χ4n) is 3.84. The van der Waals surface area contributed by atoms with Gasteiger partial charge in [-0.1, -0.05) is 35.5 Å². The van der Waals surface area contributed by atoms with Crippen molar-refractivity contribution >= 4 is 23.4 Å². The Bertz CT molecular complexity index is 1310. The summed E-state index contributed by atoms with van der Waals surface area (Å²) in [5.74, 6) is 3.60. The monoisotopic (exact) mass is 495 g/mol. The van der Waals surface area contributed by atoms with Gasteiger partial charge in [-0.05, 0) is 48.5 Å². The summed E-state index contributed by atoms with van der Waals surface area (Å²) >= 11 is 7.91. The number of benzene rings is 3. The first-order valence-electron chi connectivity index (χ1n) is 10.6. The summed E-state index contributed by atoms with van der Waals surface area (Å²) in [6, 6.07) is 19.4. The number of para-hydroxylation sites is 1. The third-order valence-electron chi connectivity index (χ3n) is 5.42. The van der Waals surface area contributed by atoms with Crippen molar-refractivity contribution in [3.63, 3.8) is 0 Å². The molecule has 4 aromatic rings. The Morgan fingerprint density at radius 2 is 1.85 bits per heavy atom. The minimum Gasteiger partial charge on any atom is -0.497 e.